The van der Waals surface area contributed by atoms with Crippen LogP contribution in [0.3, 0.4) is 0 Å². The zero-order valence-corrected chi connectivity index (χ0v) is 38.3. The molecule has 2 aliphatic carbocycles. The molecule has 57 heavy (non-hydrogen) atoms. The summed E-state index contributed by atoms with van der Waals surface area (Å²) in [5.74, 6) is 1.33. The van der Waals surface area contributed by atoms with E-state index >= 15 is 0 Å². The Morgan fingerprint density at radius 2 is 1.28 bits per heavy atom. The molecule has 14 nitrogen and oxygen atoms in total. The normalized spacial score (nSPS) is 18.9. The molecule has 6 rings (SSSR count). The van der Waals surface area contributed by atoms with Gasteiger partial charge in [0, 0.05) is 46.4 Å². The maximum atomic E-state index is 12.6. The minimum atomic E-state index is -0.291. The van der Waals surface area contributed by atoms with Gasteiger partial charge in [-0.25, -0.2) is 19.9 Å². The Morgan fingerprint density at radius 3 is 1.84 bits per heavy atom. The molecule has 2 saturated heterocycles. The Kier molecular flexibility index (Phi) is 19.7. The molecule has 17 heteroatoms. The van der Waals surface area contributed by atoms with Crippen molar-refractivity contribution in [2.75, 3.05) is 60.7 Å². The van der Waals surface area contributed by atoms with Crippen LogP contribution in [0.5, 0.6) is 0 Å². The Bertz CT molecular complexity index is 1580. The summed E-state index contributed by atoms with van der Waals surface area (Å²) in [6.45, 7) is 15.6. The molecule has 0 saturated carbocycles. The molecule has 2 unspecified atom stereocenters. The van der Waals surface area contributed by atoms with Gasteiger partial charge in [-0.15, -0.1) is 0 Å². The largest absolute Gasteiger partial charge is 0.361 e. The highest BCUT2D eigenvalue weighted by Crippen LogP contribution is 2.30. The number of nitrogens with one attached hydrogen (secondary N) is 3. The fourth-order valence-corrected chi connectivity index (χ4v) is 7.49. The lowest BCUT2D eigenvalue weighted by molar-refractivity contribution is -0.160. The van der Waals surface area contributed by atoms with Crippen molar-refractivity contribution < 1.29 is 28.5 Å². The predicted octanol–water partition coefficient (Wildman–Crippen LogP) is 6.79. The Hall–Kier alpha value is -2.15. The van der Waals surface area contributed by atoms with Crippen molar-refractivity contribution in [3.8, 4) is 0 Å². The molecule has 320 valence electrons. The number of nitrogens with zero attached hydrogens (tertiary/aromatic N) is 5. The van der Waals surface area contributed by atoms with Gasteiger partial charge in [0.1, 0.15) is 11.6 Å². The zero-order chi connectivity index (χ0) is 41.4. The van der Waals surface area contributed by atoms with Crippen LogP contribution in [0.1, 0.15) is 115 Å². The number of halogens is 3. The van der Waals surface area contributed by atoms with Gasteiger partial charge in [0.2, 0.25) is 22.4 Å². The number of ether oxygens (including phenoxy) is 4. The second kappa shape index (κ2) is 23.6. The highest BCUT2D eigenvalue weighted by Gasteiger charge is 2.26. The molecule has 2 aromatic rings. The van der Waals surface area contributed by atoms with Gasteiger partial charge < -0.3 is 39.8 Å². The molecule has 0 spiro atoms. The van der Waals surface area contributed by atoms with E-state index in [9.17, 15) is 9.59 Å². The van der Waals surface area contributed by atoms with Crippen molar-refractivity contribution in [3.63, 3.8) is 0 Å². The van der Waals surface area contributed by atoms with Gasteiger partial charge in [-0.1, -0.05) is 22.6 Å². The number of hydrogen-bond donors (Lipinski definition) is 3. The number of alkyl halides is 1. The molecule has 2 aromatic heterocycles. The average molecular weight is 950 g/mol. The first kappa shape index (κ1) is 47.5. The fourth-order valence-electron chi connectivity index (χ4n) is 6.87. The molecule has 4 aliphatic rings. The number of carbonyl (C=O) groups is 2. The summed E-state index contributed by atoms with van der Waals surface area (Å²) >= 11 is 14.4. The van der Waals surface area contributed by atoms with E-state index in [1.54, 1.807) is 0 Å². The number of anilines is 2. The summed E-state index contributed by atoms with van der Waals surface area (Å²) in [5.41, 5.74) is 3.66. The van der Waals surface area contributed by atoms with Gasteiger partial charge in [0.15, 0.2) is 12.6 Å². The van der Waals surface area contributed by atoms with Crippen molar-refractivity contribution in [1.29, 1.82) is 0 Å². The van der Waals surface area contributed by atoms with E-state index in [0.29, 0.717) is 19.0 Å². The third-order valence-electron chi connectivity index (χ3n) is 9.19. The van der Waals surface area contributed by atoms with Gasteiger partial charge in [0.25, 0.3) is 0 Å². The molecule has 2 fully saturated rings. The predicted molar refractivity (Wildman–Crippen MR) is 233 cm³/mol. The first-order valence-corrected chi connectivity index (χ1v) is 22.6. The summed E-state index contributed by atoms with van der Waals surface area (Å²) in [6, 6.07) is 0. The number of rotatable bonds is 13. The van der Waals surface area contributed by atoms with Crippen LogP contribution in [0.25, 0.3) is 0 Å². The van der Waals surface area contributed by atoms with Crippen LogP contribution in [0, 0.1) is 0 Å². The maximum Gasteiger partial charge on any atom is 0.239 e. The average Bonchev–Trinajstić information content (AvgIpc) is 3.82. The summed E-state index contributed by atoms with van der Waals surface area (Å²) in [7, 11) is 0. The molecule has 2 amide bonds. The lowest BCUT2D eigenvalue weighted by atomic mass is 10.1. The molecule has 4 heterocycles. The summed E-state index contributed by atoms with van der Waals surface area (Å²) in [4.78, 5) is 43.6. The second-order valence-corrected chi connectivity index (χ2v) is 18.4. The van der Waals surface area contributed by atoms with E-state index in [1.807, 2.05) is 46.4 Å². The van der Waals surface area contributed by atoms with Crippen LogP contribution in [0.4, 0.5) is 11.6 Å². The molecule has 0 bridgehead atoms. The van der Waals surface area contributed by atoms with Crippen LogP contribution in [0.15, 0.2) is 0 Å². The van der Waals surface area contributed by atoms with E-state index in [4.69, 9.17) is 42.1 Å². The summed E-state index contributed by atoms with van der Waals surface area (Å²) in [6.07, 6.45) is 12.4. The third-order valence-corrected chi connectivity index (χ3v) is 9.97. The topological polar surface area (TPSA) is 162 Å². The number of fused-ring (bicyclic) bond motifs is 2. The van der Waals surface area contributed by atoms with Crippen molar-refractivity contribution in [3.05, 3.63) is 33.1 Å². The Labute approximate surface area is 362 Å². The molecule has 3 N–H and O–H groups in total. The van der Waals surface area contributed by atoms with E-state index < -0.39 is 0 Å². The van der Waals surface area contributed by atoms with E-state index in [-0.39, 0.29) is 59.1 Å². The van der Waals surface area contributed by atoms with Crippen molar-refractivity contribution in [2.24, 2.45) is 0 Å². The maximum absolute atomic E-state index is 12.6. The van der Waals surface area contributed by atoms with Gasteiger partial charge in [0.05, 0.1) is 37.7 Å². The molecule has 0 radical (unpaired) electrons. The van der Waals surface area contributed by atoms with E-state index in [1.165, 1.54) is 12.8 Å². The standard InChI is InChI=1S/C20H31ClN4O3.C13H19ClN4O.C7H13IO2/c1-20(2,3)24-16(26)13-25(10-12-28-17-9-4-5-11-27-17)18-14-7-6-8-15(14)22-19(21)23-18;1-13(2,3)18-10(19)7-15-11-8-5-4-6-9(8)16-12(14)17-11;8-4-6-10-7-3-1-2-5-9-7/h17H,4-13H2,1-3H3,(H,24,26);4-7H2,1-3H3,(H,18,19)(H,15,16,17);7H,1-6H2. The lowest BCUT2D eigenvalue weighted by Gasteiger charge is -2.29. The molecule has 2 aliphatic heterocycles. The smallest absolute Gasteiger partial charge is 0.239 e. The summed E-state index contributed by atoms with van der Waals surface area (Å²) < 4.78 is 23.3. The quantitative estimate of drug-likeness (QED) is 0.110. The minimum Gasteiger partial charge on any atom is -0.361 e. The number of amides is 2. The van der Waals surface area contributed by atoms with Gasteiger partial charge in [-0.2, -0.15) is 0 Å². The van der Waals surface area contributed by atoms with Gasteiger partial charge in [-0.3, -0.25) is 9.59 Å². The highest BCUT2D eigenvalue weighted by molar-refractivity contribution is 14.1. The number of carbonyl (C=O) groups excluding carboxylic acids is 2. The first-order chi connectivity index (χ1) is 27.1. The molecule has 2 atom stereocenters. The third kappa shape index (κ3) is 17.5. The van der Waals surface area contributed by atoms with Crippen molar-refractivity contribution in [1.82, 2.24) is 30.6 Å². The zero-order valence-electron chi connectivity index (χ0n) is 34.6. The Balaban J connectivity index is 0.000000213. The van der Waals surface area contributed by atoms with E-state index in [0.717, 1.165) is 117 Å². The molecular formula is C40H63Cl2IN8O6. The van der Waals surface area contributed by atoms with E-state index in [2.05, 4.69) is 58.5 Å². The molecular weight excluding hydrogens is 886 g/mol. The molecule has 0 aromatic carbocycles. The monoisotopic (exact) mass is 948 g/mol. The van der Waals surface area contributed by atoms with Crippen molar-refractivity contribution >= 4 is 69.2 Å². The number of aromatic nitrogens is 4. The second-order valence-electron chi connectivity index (χ2n) is 16.6. The lowest BCUT2D eigenvalue weighted by Crippen LogP contribution is -2.47. The highest BCUT2D eigenvalue weighted by atomic mass is 127. The van der Waals surface area contributed by atoms with Gasteiger partial charge in [-0.05, 0) is 142 Å². The number of hydrogen-bond acceptors (Lipinski definition) is 12. The van der Waals surface area contributed by atoms with Crippen molar-refractivity contribution in [2.45, 2.75) is 142 Å². The van der Waals surface area contributed by atoms with Crippen LogP contribution >= 0.6 is 45.8 Å². The van der Waals surface area contributed by atoms with Crippen LogP contribution in [-0.2, 0) is 54.2 Å². The SMILES string of the molecule is CC(C)(C)NC(=O)CN(CCOC1CCCCO1)c1nc(Cl)nc2c1CCC2.CC(C)(C)NC(=O)CNc1nc(Cl)nc2c1CCC2.ICCOC1CCCCO1. The summed E-state index contributed by atoms with van der Waals surface area (Å²) in [5, 5.41) is 9.44. The van der Waals surface area contributed by atoms with Crippen LogP contribution in [-0.4, -0.2) is 106 Å². The minimum absolute atomic E-state index is 0.0529. The van der Waals surface area contributed by atoms with Crippen LogP contribution < -0.4 is 20.9 Å². The Morgan fingerprint density at radius 1 is 0.737 bits per heavy atom. The first-order valence-electron chi connectivity index (χ1n) is 20.3. The number of aryl methyl sites for hydroxylation is 2. The van der Waals surface area contributed by atoms with Crippen LogP contribution in [0.2, 0.25) is 10.6 Å². The fraction of sp³-hybridized carbons (Fsp3) is 0.750. The van der Waals surface area contributed by atoms with Gasteiger partial charge >= 0.3 is 0 Å².